The number of fused-ring (bicyclic) bond motifs is 1. The molecule has 1 fully saturated rings. The number of hydrogen-bond donors (Lipinski definition) is 2. The Bertz CT molecular complexity index is 640. The van der Waals surface area contributed by atoms with E-state index in [0.29, 0.717) is 24.7 Å². The first-order valence-corrected chi connectivity index (χ1v) is 10.7. The van der Waals surface area contributed by atoms with Crippen LogP contribution in [0.4, 0.5) is 0 Å². The number of unbranched alkanes of at least 4 members (excludes halogenated alkanes) is 1. The molecule has 2 rings (SSSR count). The Balaban J connectivity index is 1.82. The average molecular weight is 388 g/mol. The number of aliphatic hydroxyl groups is 2. The van der Waals surface area contributed by atoms with Gasteiger partial charge in [-0.25, -0.2) is 0 Å². The summed E-state index contributed by atoms with van der Waals surface area (Å²) in [6.45, 7) is 3.82. The normalized spacial score (nSPS) is 28.4. The molecule has 0 heterocycles. The summed E-state index contributed by atoms with van der Waals surface area (Å²) in [5.74, 6) is 7.20. The molecule has 0 aromatic heterocycles. The number of amides is 1. The van der Waals surface area contributed by atoms with E-state index in [1.807, 2.05) is 26.0 Å². The largest absolute Gasteiger partial charge is 0.392 e. The van der Waals surface area contributed by atoms with Crippen LogP contribution in [-0.4, -0.2) is 47.3 Å². The zero-order valence-electron chi connectivity index (χ0n) is 17.9. The summed E-state index contributed by atoms with van der Waals surface area (Å²) >= 11 is 0. The summed E-state index contributed by atoms with van der Waals surface area (Å²) in [6.07, 6.45) is 11.6. The Kier molecular flexibility index (Phi) is 8.79. The summed E-state index contributed by atoms with van der Waals surface area (Å²) < 4.78 is 0. The van der Waals surface area contributed by atoms with Crippen LogP contribution >= 0.6 is 0 Å². The van der Waals surface area contributed by atoms with Crippen LogP contribution in [0.15, 0.2) is 23.8 Å². The van der Waals surface area contributed by atoms with Crippen molar-refractivity contribution in [3.8, 4) is 11.8 Å². The van der Waals surface area contributed by atoms with E-state index in [-0.39, 0.29) is 23.8 Å². The van der Waals surface area contributed by atoms with Gasteiger partial charge in [0.15, 0.2) is 0 Å². The van der Waals surface area contributed by atoms with Gasteiger partial charge in [-0.2, -0.15) is 0 Å². The Morgan fingerprint density at radius 2 is 2.14 bits per heavy atom. The Morgan fingerprint density at radius 1 is 1.39 bits per heavy atom. The lowest BCUT2D eigenvalue weighted by molar-refractivity contribution is -0.128. The van der Waals surface area contributed by atoms with Gasteiger partial charge in [0.2, 0.25) is 5.91 Å². The molecule has 0 radical (unpaired) electrons. The molecule has 1 amide bonds. The van der Waals surface area contributed by atoms with Crippen LogP contribution in [0.3, 0.4) is 0 Å². The summed E-state index contributed by atoms with van der Waals surface area (Å²) in [5.41, 5.74) is 1.48. The lowest BCUT2D eigenvalue weighted by Crippen LogP contribution is -2.21. The third kappa shape index (κ3) is 6.22. The van der Waals surface area contributed by atoms with Crippen molar-refractivity contribution in [3.05, 3.63) is 23.8 Å². The minimum atomic E-state index is -0.518. The Morgan fingerprint density at radius 3 is 2.82 bits per heavy atom. The van der Waals surface area contributed by atoms with Crippen LogP contribution in [0.2, 0.25) is 0 Å². The van der Waals surface area contributed by atoms with Crippen molar-refractivity contribution >= 4 is 5.91 Å². The maximum absolute atomic E-state index is 11.7. The van der Waals surface area contributed by atoms with Crippen molar-refractivity contribution in [1.29, 1.82) is 0 Å². The molecule has 0 spiro atoms. The first kappa shape index (κ1) is 22.7. The minimum absolute atomic E-state index is 0.0974. The highest BCUT2D eigenvalue weighted by Crippen LogP contribution is 2.48. The molecule has 1 saturated carbocycles. The summed E-state index contributed by atoms with van der Waals surface area (Å²) in [4.78, 5) is 13.3. The number of hydrogen-bond acceptors (Lipinski definition) is 3. The van der Waals surface area contributed by atoms with Crippen LogP contribution in [0, 0.1) is 35.5 Å². The fourth-order valence-electron chi connectivity index (χ4n) is 4.46. The summed E-state index contributed by atoms with van der Waals surface area (Å²) in [5, 5.41) is 20.8. The van der Waals surface area contributed by atoms with Gasteiger partial charge in [0.1, 0.15) is 0 Å². The van der Waals surface area contributed by atoms with E-state index in [0.717, 1.165) is 32.1 Å². The Hall–Kier alpha value is -1.57. The van der Waals surface area contributed by atoms with Crippen molar-refractivity contribution in [3.63, 3.8) is 0 Å². The van der Waals surface area contributed by atoms with Gasteiger partial charge in [-0.15, -0.1) is 11.8 Å². The van der Waals surface area contributed by atoms with Gasteiger partial charge in [-0.1, -0.05) is 30.7 Å². The SMILES string of the molecule is CC#CC[C@H](C)[C@H](O)/C=C/[C@@H]1[C@H]2CC(CCCCC(=O)N(C)C)=C[C@H]2C[C@H]1O. The van der Waals surface area contributed by atoms with Crippen molar-refractivity contribution in [1.82, 2.24) is 4.90 Å². The highest BCUT2D eigenvalue weighted by atomic mass is 16.3. The topological polar surface area (TPSA) is 60.8 Å². The maximum atomic E-state index is 11.7. The molecule has 2 aliphatic rings. The molecule has 0 saturated heterocycles. The van der Waals surface area contributed by atoms with Gasteiger partial charge in [0.25, 0.3) is 0 Å². The fourth-order valence-corrected chi connectivity index (χ4v) is 4.46. The van der Waals surface area contributed by atoms with Gasteiger partial charge in [-0.3, -0.25) is 4.79 Å². The van der Waals surface area contributed by atoms with Crippen LogP contribution in [0.25, 0.3) is 0 Å². The zero-order chi connectivity index (χ0) is 20.7. The van der Waals surface area contributed by atoms with Crippen molar-refractivity contribution < 1.29 is 15.0 Å². The molecule has 28 heavy (non-hydrogen) atoms. The molecule has 2 N–H and O–H groups in total. The predicted octanol–water partition coefficient (Wildman–Crippen LogP) is 3.54. The maximum Gasteiger partial charge on any atom is 0.222 e. The quantitative estimate of drug-likeness (QED) is 0.361. The highest BCUT2D eigenvalue weighted by Gasteiger charge is 2.43. The zero-order valence-corrected chi connectivity index (χ0v) is 17.9. The van der Waals surface area contributed by atoms with Crippen molar-refractivity contribution in [2.45, 2.75) is 71.0 Å². The van der Waals surface area contributed by atoms with Crippen molar-refractivity contribution in [2.75, 3.05) is 14.1 Å². The smallest absolute Gasteiger partial charge is 0.222 e. The van der Waals surface area contributed by atoms with E-state index in [2.05, 4.69) is 17.9 Å². The number of nitrogens with zero attached hydrogens (tertiary/aromatic N) is 1. The third-order valence-corrected chi connectivity index (χ3v) is 6.30. The summed E-state index contributed by atoms with van der Waals surface area (Å²) in [6, 6.07) is 0. The molecule has 4 heteroatoms. The number of carbonyl (C=O) groups is 1. The molecule has 0 aliphatic heterocycles. The number of rotatable bonds is 9. The standard InChI is InChI=1S/C24H37NO3/c1-5-6-9-17(2)22(26)13-12-20-21-15-18(14-19(21)16-23(20)27)10-7-8-11-24(28)25(3)4/h12-14,17,19-23,26-27H,7-11,15-16H2,1-4H3/b13-12+/t17-,19-,20+,21-,22+,23+/m0/s1. The van der Waals surface area contributed by atoms with Gasteiger partial charge >= 0.3 is 0 Å². The van der Waals surface area contributed by atoms with E-state index in [1.165, 1.54) is 5.57 Å². The van der Waals surface area contributed by atoms with Crippen LogP contribution in [0.1, 0.15) is 58.8 Å². The first-order chi connectivity index (χ1) is 13.3. The second kappa shape index (κ2) is 10.8. The van der Waals surface area contributed by atoms with E-state index < -0.39 is 6.10 Å². The van der Waals surface area contributed by atoms with E-state index in [4.69, 9.17) is 0 Å². The van der Waals surface area contributed by atoms with Crippen LogP contribution in [0.5, 0.6) is 0 Å². The molecule has 0 aromatic carbocycles. The number of carbonyl (C=O) groups excluding carboxylic acids is 1. The highest BCUT2D eigenvalue weighted by molar-refractivity contribution is 5.75. The number of aliphatic hydroxyl groups excluding tert-OH is 2. The molecule has 0 unspecified atom stereocenters. The van der Waals surface area contributed by atoms with Gasteiger partial charge in [-0.05, 0) is 56.8 Å². The van der Waals surface area contributed by atoms with Gasteiger partial charge < -0.3 is 15.1 Å². The molecule has 4 nitrogen and oxygen atoms in total. The van der Waals surface area contributed by atoms with E-state index in [9.17, 15) is 15.0 Å². The minimum Gasteiger partial charge on any atom is -0.392 e. The Labute approximate surface area is 170 Å². The third-order valence-electron chi connectivity index (χ3n) is 6.30. The fraction of sp³-hybridized carbons (Fsp3) is 0.708. The van der Waals surface area contributed by atoms with Crippen LogP contribution < -0.4 is 0 Å². The summed E-state index contributed by atoms with van der Waals surface area (Å²) in [7, 11) is 3.60. The van der Waals surface area contributed by atoms with E-state index >= 15 is 0 Å². The molecular formula is C24H37NO3. The monoisotopic (exact) mass is 387 g/mol. The molecule has 6 atom stereocenters. The average Bonchev–Trinajstić information content (AvgIpc) is 3.17. The molecule has 2 aliphatic carbocycles. The molecule has 0 aromatic rings. The van der Waals surface area contributed by atoms with Crippen molar-refractivity contribution in [2.24, 2.45) is 23.7 Å². The first-order valence-electron chi connectivity index (χ1n) is 10.7. The predicted molar refractivity (Wildman–Crippen MR) is 113 cm³/mol. The molecule has 156 valence electrons. The molecular weight excluding hydrogens is 350 g/mol. The molecule has 0 bridgehead atoms. The van der Waals surface area contributed by atoms with Crippen LogP contribution in [-0.2, 0) is 4.79 Å². The van der Waals surface area contributed by atoms with Gasteiger partial charge in [0, 0.05) is 32.9 Å². The lowest BCUT2D eigenvalue weighted by atomic mass is 9.88. The lowest BCUT2D eigenvalue weighted by Gasteiger charge is -2.20. The second-order valence-corrected chi connectivity index (χ2v) is 8.72. The second-order valence-electron chi connectivity index (χ2n) is 8.72. The van der Waals surface area contributed by atoms with Gasteiger partial charge in [0.05, 0.1) is 12.2 Å². The number of allylic oxidation sites excluding steroid dienone is 2. The van der Waals surface area contributed by atoms with E-state index in [1.54, 1.807) is 19.0 Å².